The van der Waals surface area contributed by atoms with E-state index in [0.29, 0.717) is 0 Å². The van der Waals surface area contributed by atoms with Crippen molar-refractivity contribution in [3.8, 4) is 0 Å². The molecule has 0 amide bonds. The molecule has 6 heteroatoms. The molecule has 0 aromatic rings. The van der Waals surface area contributed by atoms with Gasteiger partial charge in [0.1, 0.15) is 0 Å². The number of ether oxygens (including phenoxy) is 4. The number of rotatable bonds is 0. The van der Waals surface area contributed by atoms with Crippen molar-refractivity contribution in [1.82, 2.24) is 0 Å². The Morgan fingerprint density at radius 2 is 1.73 bits per heavy atom. The van der Waals surface area contributed by atoms with Crippen LogP contribution in [0.15, 0.2) is 0 Å². The molecule has 1 atom stereocenters. The average molecular weight is 160 g/mol. The highest BCUT2D eigenvalue weighted by molar-refractivity contribution is 5.70. The summed E-state index contributed by atoms with van der Waals surface area (Å²) in [6, 6.07) is 0. The quantitative estimate of drug-likeness (QED) is 0.476. The standard InChI is InChI=1S/C5H4O6/c1-2-5(9-3(6)8-2)10-4(7)11-5/h2H,1H3. The molecular weight excluding hydrogens is 156 g/mol. The van der Waals surface area contributed by atoms with E-state index in [0.717, 1.165) is 0 Å². The van der Waals surface area contributed by atoms with Gasteiger partial charge < -0.3 is 18.9 Å². The van der Waals surface area contributed by atoms with E-state index in [1.165, 1.54) is 6.92 Å². The second kappa shape index (κ2) is 1.58. The van der Waals surface area contributed by atoms with Crippen molar-refractivity contribution >= 4 is 12.3 Å². The minimum atomic E-state index is -1.60. The summed E-state index contributed by atoms with van der Waals surface area (Å²) in [4.78, 5) is 20.7. The Hall–Kier alpha value is -1.46. The molecule has 0 aromatic carbocycles. The van der Waals surface area contributed by atoms with Crippen LogP contribution in [-0.4, -0.2) is 24.4 Å². The van der Waals surface area contributed by atoms with Gasteiger partial charge >= 0.3 is 18.3 Å². The van der Waals surface area contributed by atoms with Crippen LogP contribution < -0.4 is 0 Å². The normalized spacial score (nSPS) is 31.5. The molecule has 11 heavy (non-hydrogen) atoms. The number of carbonyl (C=O) groups is 2. The van der Waals surface area contributed by atoms with Crippen LogP contribution in [0.25, 0.3) is 0 Å². The second-order valence-corrected chi connectivity index (χ2v) is 2.17. The van der Waals surface area contributed by atoms with Crippen LogP contribution in [0.2, 0.25) is 0 Å². The minimum absolute atomic E-state index is 0.715. The lowest BCUT2D eigenvalue weighted by molar-refractivity contribution is -0.381. The van der Waals surface area contributed by atoms with Gasteiger partial charge in [-0.1, -0.05) is 0 Å². The van der Waals surface area contributed by atoms with Gasteiger partial charge in [0.05, 0.1) is 0 Å². The summed E-state index contributed by atoms with van der Waals surface area (Å²) in [5, 5.41) is 0. The van der Waals surface area contributed by atoms with Crippen LogP contribution in [0.5, 0.6) is 0 Å². The molecule has 2 aliphatic heterocycles. The SMILES string of the molecule is CC1OC(=O)OC12OC(=O)O2. The van der Waals surface area contributed by atoms with Crippen molar-refractivity contribution in [3.05, 3.63) is 0 Å². The fourth-order valence-corrected chi connectivity index (χ4v) is 0.887. The molecule has 2 rings (SSSR count). The Bertz CT molecular complexity index is 225. The van der Waals surface area contributed by atoms with Crippen LogP contribution in [0.3, 0.4) is 0 Å². The molecule has 0 N–H and O–H groups in total. The molecule has 0 aromatic heterocycles. The lowest BCUT2D eigenvalue weighted by Gasteiger charge is -2.33. The molecule has 2 fully saturated rings. The number of carbonyl (C=O) groups excluding carboxylic acids is 2. The number of hydrogen-bond donors (Lipinski definition) is 0. The lowest BCUT2D eigenvalue weighted by atomic mass is 10.3. The van der Waals surface area contributed by atoms with Gasteiger partial charge in [0.25, 0.3) is 0 Å². The Balaban J connectivity index is 2.15. The first-order valence-corrected chi connectivity index (χ1v) is 2.94. The maximum atomic E-state index is 10.5. The van der Waals surface area contributed by atoms with Crippen molar-refractivity contribution in [1.29, 1.82) is 0 Å². The molecule has 0 radical (unpaired) electrons. The Morgan fingerprint density at radius 3 is 2.09 bits per heavy atom. The summed E-state index contributed by atoms with van der Waals surface area (Å²) in [5.41, 5.74) is 0. The van der Waals surface area contributed by atoms with Gasteiger partial charge in [-0.2, -0.15) is 0 Å². The third-order valence-electron chi connectivity index (χ3n) is 1.45. The monoisotopic (exact) mass is 160 g/mol. The zero-order valence-electron chi connectivity index (χ0n) is 5.53. The molecule has 2 heterocycles. The molecule has 60 valence electrons. The molecule has 6 nitrogen and oxygen atoms in total. The highest BCUT2D eigenvalue weighted by atomic mass is 17.1. The molecule has 1 spiro atoms. The fourth-order valence-electron chi connectivity index (χ4n) is 0.887. The molecule has 2 aliphatic rings. The summed E-state index contributed by atoms with van der Waals surface area (Å²) < 4.78 is 17.8. The van der Waals surface area contributed by atoms with E-state index in [4.69, 9.17) is 0 Å². The summed E-state index contributed by atoms with van der Waals surface area (Å²) in [5.74, 6) is -1.60. The third kappa shape index (κ3) is 0.659. The highest BCUT2D eigenvalue weighted by Gasteiger charge is 2.64. The van der Waals surface area contributed by atoms with E-state index in [2.05, 4.69) is 18.9 Å². The molecule has 2 saturated heterocycles. The molecule has 0 bridgehead atoms. The van der Waals surface area contributed by atoms with Crippen molar-refractivity contribution in [2.24, 2.45) is 0 Å². The zero-order valence-corrected chi connectivity index (χ0v) is 5.53. The minimum Gasteiger partial charge on any atom is -0.418 e. The number of cyclic esters (lactones) is 1. The zero-order chi connectivity index (χ0) is 8.06. The van der Waals surface area contributed by atoms with Crippen molar-refractivity contribution in [2.45, 2.75) is 19.0 Å². The fraction of sp³-hybridized carbons (Fsp3) is 0.600. The van der Waals surface area contributed by atoms with Crippen LogP contribution in [-0.2, 0) is 18.9 Å². The van der Waals surface area contributed by atoms with Gasteiger partial charge in [0.15, 0.2) is 0 Å². The van der Waals surface area contributed by atoms with E-state index >= 15 is 0 Å². The topological polar surface area (TPSA) is 71.1 Å². The van der Waals surface area contributed by atoms with Gasteiger partial charge in [0, 0.05) is 0 Å². The third-order valence-corrected chi connectivity index (χ3v) is 1.45. The van der Waals surface area contributed by atoms with Crippen molar-refractivity contribution in [2.75, 3.05) is 0 Å². The maximum Gasteiger partial charge on any atom is 0.520 e. The Morgan fingerprint density at radius 1 is 1.18 bits per heavy atom. The van der Waals surface area contributed by atoms with Gasteiger partial charge in [-0.3, -0.25) is 0 Å². The molecule has 0 aliphatic carbocycles. The van der Waals surface area contributed by atoms with E-state index in [-0.39, 0.29) is 0 Å². The predicted molar refractivity (Wildman–Crippen MR) is 27.3 cm³/mol. The summed E-state index contributed by atoms with van der Waals surface area (Å²) >= 11 is 0. The summed E-state index contributed by atoms with van der Waals surface area (Å²) in [6.07, 6.45) is -2.48. The van der Waals surface area contributed by atoms with Gasteiger partial charge in [-0.05, 0) is 6.92 Å². The first-order valence-electron chi connectivity index (χ1n) is 2.94. The maximum absolute atomic E-state index is 10.5. The average Bonchev–Trinajstić information content (AvgIpc) is 2.06. The van der Waals surface area contributed by atoms with E-state index in [9.17, 15) is 9.59 Å². The first kappa shape index (κ1) is 6.26. The van der Waals surface area contributed by atoms with Crippen LogP contribution in [0, 0.1) is 0 Å². The van der Waals surface area contributed by atoms with Crippen LogP contribution in [0.4, 0.5) is 9.59 Å². The van der Waals surface area contributed by atoms with Crippen LogP contribution >= 0.6 is 0 Å². The highest BCUT2D eigenvalue weighted by Crippen LogP contribution is 2.36. The van der Waals surface area contributed by atoms with Gasteiger partial charge in [-0.15, -0.1) is 0 Å². The van der Waals surface area contributed by atoms with Crippen molar-refractivity contribution < 1.29 is 28.5 Å². The van der Waals surface area contributed by atoms with E-state index < -0.39 is 24.4 Å². The lowest BCUT2D eigenvalue weighted by Crippen LogP contribution is -2.55. The van der Waals surface area contributed by atoms with Gasteiger partial charge in [-0.25, -0.2) is 9.59 Å². The molecule has 0 saturated carbocycles. The van der Waals surface area contributed by atoms with E-state index in [1.807, 2.05) is 0 Å². The van der Waals surface area contributed by atoms with Gasteiger partial charge in [0.2, 0.25) is 6.10 Å². The number of hydrogen-bond acceptors (Lipinski definition) is 6. The first-order chi connectivity index (χ1) is 5.12. The Kier molecular flexibility index (Phi) is 0.899. The van der Waals surface area contributed by atoms with Crippen molar-refractivity contribution in [3.63, 3.8) is 0 Å². The van der Waals surface area contributed by atoms with Crippen LogP contribution in [0.1, 0.15) is 6.92 Å². The molecular formula is C5H4O6. The molecule has 1 unspecified atom stereocenters. The predicted octanol–water partition coefficient (Wildman–Crippen LogP) is 0.362. The second-order valence-electron chi connectivity index (χ2n) is 2.17. The largest absolute Gasteiger partial charge is 0.520 e. The summed E-state index contributed by atoms with van der Waals surface area (Å²) in [6.45, 7) is 1.50. The Labute approximate surface area is 61.0 Å². The smallest absolute Gasteiger partial charge is 0.418 e. The summed E-state index contributed by atoms with van der Waals surface area (Å²) in [7, 11) is 0. The van der Waals surface area contributed by atoms with E-state index in [1.54, 1.807) is 0 Å².